The Labute approximate surface area is 116 Å². The third kappa shape index (κ3) is 3.32. The molecule has 0 aliphatic rings. The van der Waals surface area contributed by atoms with Crippen LogP contribution in [-0.2, 0) is 4.79 Å². The molecule has 1 aromatic carbocycles. The molecule has 0 aliphatic heterocycles. The maximum Gasteiger partial charge on any atom is 0.264 e. The number of benzene rings is 1. The average molecular weight is 276 g/mol. The van der Waals surface area contributed by atoms with E-state index < -0.39 is 0 Å². The monoisotopic (exact) mass is 276 g/mol. The predicted octanol–water partition coefficient (Wildman–Crippen LogP) is 3.09. The third-order valence-corrected chi connectivity index (χ3v) is 3.59. The molecule has 0 aliphatic carbocycles. The first-order valence-corrected chi connectivity index (χ1v) is 6.85. The molecule has 2 rings (SSSR count). The van der Waals surface area contributed by atoms with Crippen LogP contribution in [0.15, 0.2) is 23.7 Å². The van der Waals surface area contributed by atoms with Crippen LogP contribution in [0.25, 0.3) is 0 Å². The molecule has 0 bridgehead atoms. The van der Waals surface area contributed by atoms with Gasteiger partial charge in [-0.05, 0) is 37.5 Å². The minimum absolute atomic E-state index is 0.00921. The highest BCUT2D eigenvalue weighted by Crippen LogP contribution is 2.25. The Morgan fingerprint density at radius 1 is 1.32 bits per heavy atom. The van der Waals surface area contributed by atoms with Crippen LogP contribution in [0.3, 0.4) is 0 Å². The lowest BCUT2D eigenvalue weighted by Crippen LogP contribution is -2.20. The molecule has 2 aromatic rings. The van der Waals surface area contributed by atoms with Gasteiger partial charge in [-0.3, -0.25) is 10.1 Å². The van der Waals surface area contributed by atoms with E-state index in [1.807, 2.05) is 38.3 Å². The van der Waals surface area contributed by atoms with E-state index >= 15 is 0 Å². The number of nitrogens with zero attached hydrogens (tertiary/aromatic N) is 1. The van der Waals surface area contributed by atoms with Crippen LogP contribution < -0.4 is 10.1 Å². The lowest BCUT2D eigenvalue weighted by Gasteiger charge is -2.13. The molecule has 0 unspecified atom stereocenters. The van der Waals surface area contributed by atoms with Gasteiger partial charge in [-0.1, -0.05) is 12.1 Å². The van der Waals surface area contributed by atoms with Crippen molar-refractivity contribution >= 4 is 22.4 Å². The van der Waals surface area contributed by atoms with Crippen molar-refractivity contribution in [2.45, 2.75) is 20.8 Å². The van der Waals surface area contributed by atoms with Crippen LogP contribution >= 0.6 is 11.3 Å². The molecule has 1 amide bonds. The van der Waals surface area contributed by atoms with Crippen LogP contribution in [0.1, 0.15) is 16.7 Å². The Hall–Kier alpha value is -1.88. The van der Waals surface area contributed by atoms with E-state index in [9.17, 15) is 4.79 Å². The van der Waals surface area contributed by atoms with E-state index in [1.165, 1.54) is 11.3 Å². The summed E-state index contributed by atoms with van der Waals surface area (Å²) in [5.74, 6) is 0.588. The van der Waals surface area contributed by atoms with Crippen molar-refractivity contribution < 1.29 is 9.53 Å². The van der Waals surface area contributed by atoms with E-state index in [0.717, 1.165) is 22.4 Å². The molecule has 0 spiro atoms. The molecule has 0 saturated heterocycles. The maximum atomic E-state index is 11.7. The molecule has 0 radical (unpaired) electrons. The van der Waals surface area contributed by atoms with E-state index in [0.29, 0.717) is 5.13 Å². The molecule has 100 valence electrons. The fraction of sp³-hybridized carbons (Fsp3) is 0.286. The van der Waals surface area contributed by atoms with Gasteiger partial charge in [0.25, 0.3) is 5.91 Å². The highest BCUT2D eigenvalue weighted by atomic mass is 32.1. The predicted molar refractivity (Wildman–Crippen MR) is 76.9 cm³/mol. The summed E-state index contributed by atoms with van der Waals surface area (Å²) in [5.41, 5.74) is 3.26. The number of carbonyl (C=O) groups is 1. The first-order chi connectivity index (χ1) is 9.08. The molecular weight excluding hydrogens is 260 g/mol. The van der Waals surface area contributed by atoms with Gasteiger partial charge < -0.3 is 4.74 Å². The molecule has 0 saturated carbocycles. The molecule has 0 atom stereocenters. The number of amides is 1. The number of thiazole rings is 1. The van der Waals surface area contributed by atoms with Gasteiger partial charge in [0.15, 0.2) is 11.7 Å². The largest absolute Gasteiger partial charge is 0.483 e. The lowest BCUT2D eigenvalue weighted by molar-refractivity contribution is -0.118. The maximum absolute atomic E-state index is 11.7. The number of nitrogens with one attached hydrogen (secondary N) is 1. The van der Waals surface area contributed by atoms with Crippen molar-refractivity contribution in [1.82, 2.24) is 4.98 Å². The average Bonchev–Trinajstić information content (AvgIpc) is 2.87. The molecule has 4 nitrogen and oxygen atoms in total. The Morgan fingerprint density at radius 2 is 2.05 bits per heavy atom. The van der Waals surface area contributed by atoms with Crippen molar-refractivity contribution in [3.8, 4) is 5.75 Å². The molecule has 1 aromatic heterocycles. The Kier molecular flexibility index (Phi) is 4.16. The van der Waals surface area contributed by atoms with Gasteiger partial charge in [0.05, 0.1) is 0 Å². The fourth-order valence-electron chi connectivity index (χ4n) is 1.73. The van der Waals surface area contributed by atoms with Gasteiger partial charge in [0, 0.05) is 11.6 Å². The van der Waals surface area contributed by atoms with Crippen molar-refractivity contribution in [1.29, 1.82) is 0 Å². The number of ether oxygens (including phenoxy) is 1. The normalized spacial score (nSPS) is 10.3. The summed E-state index contributed by atoms with van der Waals surface area (Å²) in [6.07, 6.45) is 1.65. The van der Waals surface area contributed by atoms with Gasteiger partial charge in [-0.15, -0.1) is 11.3 Å². The van der Waals surface area contributed by atoms with Crippen molar-refractivity contribution in [3.05, 3.63) is 40.4 Å². The Morgan fingerprint density at radius 3 is 2.74 bits per heavy atom. The molecule has 19 heavy (non-hydrogen) atoms. The first-order valence-electron chi connectivity index (χ1n) is 5.97. The van der Waals surface area contributed by atoms with Crippen molar-refractivity contribution in [2.75, 3.05) is 11.9 Å². The highest BCUT2D eigenvalue weighted by Gasteiger charge is 2.10. The molecule has 0 fully saturated rings. The first kappa shape index (κ1) is 13.5. The minimum atomic E-state index is -0.199. The topological polar surface area (TPSA) is 51.2 Å². The number of aryl methyl sites for hydroxylation is 2. The summed E-state index contributed by atoms with van der Waals surface area (Å²) in [7, 11) is 0. The zero-order valence-corrected chi connectivity index (χ0v) is 12.0. The van der Waals surface area contributed by atoms with Crippen molar-refractivity contribution in [2.24, 2.45) is 0 Å². The SMILES string of the molecule is Cc1ccc(C)c(OCC(=O)Nc2nccs2)c1C. The van der Waals surface area contributed by atoms with Crippen molar-refractivity contribution in [3.63, 3.8) is 0 Å². The summed E-state index contributed by atoms with van der Waals surface area (Å²) < 4.78 is 5.62. The second kappa shape index (κ2) is 5.84. The summed E-state index contributed by atoms with van der Waals surface area (Å²) >= 11 is 1.38. The van der Waals surface area contributed by atoms with Gasteiger partial charge in [0.2, 0.25) is 0 Å². The van der Waals surface area contributed by atoms with E-state index in [4.69, 9.17) is 4.74 Å². The zero-order chi connectivity index (χ0) is 13.8. The number of rotatable bonds is 4. The second-order valence-corrected chi connectivity index (χ2v) is 5.22. The molecule has 1 N–H and O–H groups in total. The number of carbonyl (C=O) groups excluding carboxylic acids is 1. The summed E-state index contributed by atoms with van der Waals surface area (Å²) in [5, 5.41) is 5.09. The van der Waals surface area contributed by atoms with Crippen LogP contribution in [0.4, 0.5) is 5.13 Å². The standard InChI is InChI=1S/C14H16N2O2S/c1-9-4-5-10(2)13(11(9)3)18-8-12(17)16-14-15-6-7-19-14/h4-7H,8H2,1-3H3,(H,15,16,17). The van der Waals surface area contributed by atoms with Crippen LogP contribution in [0.2, 0.25) is 0 Å². The van der Waals surface area contributed by atoms with Gasteiger partial charge in [0.1, 0.15) is 5.75 Å². The quantitative estimate of drug-likeness (QED) is 0.933. The number of anilines is 1. The van der Waals surface area contributed by atoms with E-state index in [-0.39, 0.29) is 12.5 Å². The highest BCUT2D eigenvalue weighted by molar-refractivity contribution is 7.13. The summed E-state index contributed by atoms with van der Waals surface area (Å²) in [6, 6.07) is 4.05. The van der Waals surface area contributed by atoms with Crippen LogP contribution in [0.5, 0.6) is 5.75 Å². The molecule has 5 heteroatoms. The van der Waals surface area contributed by atoms with E-state index in [1.54, 1.807) is 6.20 Å². The molecular formula is C14H16N2O2S. The van der Waals surface area contributed by atoms with Gasteiger partial charge >= 0.3 is 0 Å². The third-order valence-electron chi connectivity index (χ3n) is 2.90. The zero-order valence-electron chi connectivity index (χ0n) is 11.2. The summed E-state index contributed by atoms with van der Waals surface area (Å²) in [6.45, 7) is 5.99. The Balaban J connectivity index is 1.99. The van der Waals surface area contributed by atoms with Crippen LogP contribution in [-0.4, -0.2) is 17.5 Å². The van der Waals surface area contributed by atoms with Crippen LogP contribution in [0, 0.1) is 20.8 Å². The smallest absolute Gasteiger partial charge is 0.264 e. The lowest BCUT2D eigenvalue weighted by atomic mass is 10.1. The Bertz CT molecular complexity index is 579. The number of hydrogen-bond acceptors (Lipinski definition) is 4. The molecule has 1 heterocycles. The second-order valence-electron chi connectivity index (χ2n) is 4.33. The number of hydrogen-bond donors (Lipinski definition) is 1. The summed E-state index contributed by atoms with van der Waals surface area (Å²) in [4.78, 5) is 15.7. The van der Waals surface area contributed by atoms with Gasteiger partial charge in [-0.25, -0.2) is 4.98 Å². The number of aromatic nitrogens is 1. The van der Waals surface area contributed by atoms with Gasteiger partial charge in [-0.2, -0.15) is 0 Å². The fourth-order valence-corrected chi connectivity index (χ4v) is 2.27. The van der Waals surface area contributed by atoms with E-state index in [2.05, 4.69) is 10.3 Å². The minimum Gasteiger partial charge on any atom is -0.483 e.